The maximum Gasteiger partial charge on any atom is 0.384 e. The van der Waals surface area contributed by atoms with E-state index >= 15 is 0 Å². The van der Waals surface area contributed by atoms with E-state index in [2.05, 4.69) is 16.6 Å². The maximum absolute atomic E-state index is 10.2. The molecule has 9 heavy (non-hydrogen) atoms. The van der Waals surface area contributed by atoms with Gasteiger partial charge in [0.15, 0.2) is 0 Å². The number of aliphatic hydroxyl groups excluding tert-OH is 1. The molecule has 0 rings (SSSR count). The van der Waals surface area contributed by atoms with E-state index < -0.39 is 12.1 Å². The number of ether oxygens (including phenoxy) is 1. The van der Waals surface area contributed by atoms with Crippen molar-refractivity contribution < 1.29 is 14.6 Å². The number of hydrogen-bond donors (Lipinski definition) is 1. The van der Waals surface area contributed by atoms with Crippen LogP contribution in [0.2, 0.25) is 0 Å². The average molecular weight is 128 g/mol. The standard InChI is InChI=1S/C6H8O3/c1-5(7)3-4-6(8)9-2/h5,7H,1-2H3. The molecule has 0 fully saturated rings. The first-order valence-electron chi connectivity index (χ1n) is 2.44. The fourth-order valence-electron chi connectivity index (χ4n) is 0.214. The zero-order valence-corrected chi connectivity index (χ0v) is 5.34. The van der Waals surface area contributed by atoms with Crippen molar-refractivity contribution in [3.63, 3.8) is 0 Å². The lowest BCUT2D eigenvalue weighted by molar-refractivity contribution is -0.133. The zero-order valence-electron chi connectivity index (χ0n) is 5.34. The Bertz CT molecular complexity index is 149. The van der Waals surface area contributed by atoms with Gasteiger partial charge < -0.3 is 9.84 Å². The van der Waals surface area contributed by atoms with Crippen molar-refractivity contribution in [1.29, 1.82) is 0 Å². The molecule has 1 N–H and O–H groups in total. The van der Waals surface area contributed by atoms with Gasteiger partial charge in [-0.25, -0.2) is 4.79 Å². The van der Waals surface area contributed by atoms with Crippen molar-refractivity contribution in [2.75, 3.05) is 7.11 Å². The van der Waals surface area contributed by atoms with Gasteiger partial charge in [-0.15, -0.1) is 0 Å². The minimum atomic E-state index is -0.774. The van der Waals surface area contributed by atoms with E-state index in [4.69, 9.17) is 5.11 Å². The van der Waals surface area contributed by atoms with Gasteiger partial charge in [-0.05, 0) is 6.92 Å². The molecule has 0 bridgehead atoms. The number of carbonyl (C=O) groups excluding carboxylic acids is 1. The summed E-state index contributed by atoms with van der Waals surface area (Å²) in [4.78, 5) is 10.2. The van der Waals surface area contributed by atoms with Crippen LogP contribution in [0.4, 0.5) is 0 Å². The van der Waals surface area contributed by atoms with Gasteiger partial charge in [0.2, 0.25) is 0 Å². The van der Waals surface area contributed by atoms with E-state index in [9.17, 15) is 4.79 Å². The zero-order chi connectivity index (χ0) is 7.28. The largest absolute Gasteiger partial charge is 0.459 e. The molecule has 0 amide bonds. The molecule has 0 aromatic carbocycles. The van der Waals surface area contributed by atoms with Crippen LogP contribution in [0.25, 0.3) is 0 Å². The summed E-state index contributed by atoms with van der Waals surface area (Å²) in [5.74, 6) is 3.67. The van der Waals surface area contributed by atoms with Crippen LogP contribution in [0.3, 0.4) is 0 Å². The quantitative estimate of drug-likeness (QED) is 0.273. The summed E-state index contributed by atoms with van der Waals surface area (Å²) in [7, 11) is 1.24. The fourth-order valence-corrected chi connectivity index (χ4v) is 0.214. The molecule has 0 saturated carbocycles. The first-order chi connectivity index (χ1) is 4.16. The van der Waals surface area contributed by atoms with Gasteiger partial charge in [0.1, 0.15) is 6.10 Å². The molecule has 50 valence electrons. The van der Waals surface area contributed by atoms with Crippen molar-refractivity contribution in [1.82, 2.24) is 0 Å². The van der Waals surface area contributed by atoms with Gasteiger partial charge in [0.05, 0.1) is 7.11 Å². The Labute approximate surface area is 53.6 Å². The highest BCUT2D eigenvalue weighted by molar-refractivity contribution is 5.88. The minimum absolute atomic E-state index is 0.629. The van der Waals surface area contributed by atoms with E-state index in [-0.39, 0.29) is 0 Å². The smallest absolute Gasteiger partial charge is 0.384 e. The maximum atomic E-state index is 10.2. The molecule has 0 radical (unpaired) electrons. The van der Waals surface area contributed by atoms with Crippen LogP contribution in [0.15, 0.2) is 0 Å². The number of esters is 1. The van der Waals surface area contributed by atoms with Gasteiger partial charge in [0, 0.05) is 5.92 Å². The number of aliphatic hydroxyl groups is 1. The van der Waals surface area contributed by atoms with Gasteiger partial charge in [-0.3, -0.25) is 0 Å². The highest BCUT2D eigenvalue weighted by Gasteiger charge is 1.89. The molecule has 3 heteroatoms. The Morgan fingerprint density at radius 3 is 2.67 bits per heavy atom. The van der Waals surface area contributed by atoms with Crippen molar-refractivity contribution in [2.45, 2.75) is 13.0 Å². The molecule has 0 aliphatic carbocycles. The number of hydrogen-bond acceptors (Lipinski definition) is 3. The van der Waals surface area contributed by atoms with Crippen LogP contribution in [-0.4, -0.2) is 24.3 Å². The molecule has 0 aromatic rings. The van der Waals surface area contributed by atoms with Crippen LogP contribution >= 0.6 is 0 Å². The highest BCUT2D eigenvalue weighted by atomic mass is 16.5. The lowest BCUT2D eigenvalue weighted by Gasteiger charge is -1.87. The molecule has 0 saturated heterocycles. The number of carbonyl (C=O) groups is 1. The summed E-state index contributed by atoms with van der Waals surface area (Å²) in [6.45, 7) is 1.47. The van der Waals surface area contributed by atoms with Crippen molar-refractivity contribution in [3.8, 4) is 11.8 Å². The second kappa shape index (κ2) is 3.93. The van der Waals surface area contributed by atoms with Crippen LogP contribution in [0.1, 0.15) is 6.92 Å². The van der Waals surface area contributed by atoms with E-state index in [1.807, 2.05) is 0 Å². The molecule has 0 heterocycles. The van der Waals surface area contributed by atoms with Crippen molar-refractivity contribution in [2.24, 2.45) is 0 Å². The lowest BCUT2D eigenvalue weighted by Crippen LogP contribution is -1.98. The molecule has 3 nitrogen and oxygen atoms in total. The van der Waals surface area contributed by atoms with Crippen molar-refractivity contribution >= 4 is 5.97 Å². The summed E-state index contributed by atoms with van der Waals surface area (Å²) in [6.07, 6.45) is -0.774. The third-order valence-corrected chi connectivity index (χ3v) is 0.569. The number of methoxy groups -OCH3 is 1. The average Bonchev–Trinajstić information content (AvgIpc) is 1.83. The fraction of sp³-hybridized carbons (Fsp3) is 0.500. The van der Waals surface area contributed by atoms with E-state index in [1.165, 1.54) is 14.0 Å². The summed E-state index contributed by atoms with van der Waals surface area (Å²) < 4.78 is 4.18. The second-order valence-corrected chi connectivity index (χ2v) is 1.44. The molecule has 0 aromatic heterocycles. The van der Waals surface area contributed by atoms with Gasteiger partial charge in [0.25, 0.3) is 0 Å². The molecular weight excluding hydrogens is 120 g/mol. The Balaban J connectivity index is 3.73. The predicted octanol–water partition coefficient (Wildman–Crippen LogP) is -0.456. The van der Waals surface area contributed by atoms with Crippen molar-refractivity contribution in [3.05, 3.63) is 0 Å². The third kappa shape index (κ3) is 4.85. The summed E-state index contributed by atoms with van der Waals surface area (Å²) in [6, 6.07) is 0. The molecular formula is C6H8O3. The van der Waals surface area contributed by atoms with Crippen LogP contribution in [-0.2, 0) is 9.53 Å². The minimum Gasteiger partial charge on any atom is -0.459 e. The third-order valence-electron chi connectivity index (χ3n) is 0.569. The monoisotopic (exact) mass is 128 g/mol. The first kappa shape index (κ1) is 7.99. The summed E-state index contributed by atoms with van der Waals surface area (Å²) >= 11 is 0. The lowest BCUT2D eigenvalue weighted by atomic mass is 10.4. The Morgan fingerprint density at radius 1 is 1.78 bits per heavy atom. The summed E-state index contributed by atoms with van der Waals surface area (Å²) in [5.41, 5.74) is 0. The molecule has 0 aliphatic rings. The van der Waals surface area contributed by atoms with Crippen LogP contribution in [0.5, 0.6) is 0 Å². The SMILES string of the molecule is COC(=O)C#CC(C)O. The molecule has 0 spiro atoms. The highest BCUT2D eigenvalue weighted by Crippen LogP contribution is 1.73. The van der Waals surface area contributed by atoms with Gasteiger partial charge in [-0.1, -0.05) is 5.92 Å². The van der Waals surface area contributed by atoms with Gasteiger partial charge >= 0.3 is 5.97 Å². The molecule has 1 atom stereocenters. The van der Waals surface area contributed by atoms with Gasteiger partial charge in [-0.2, -0.15) is 0 Å². The Kier molecular flexibility index (Phi) is 3.49. The Morgan fingerprint density at radius 2 is 2.33 bits per heavy atom. The normalized spacial score (nSPS) is 11.0. The van der Waals surface area contributed by atoms with E-state index in [1.54, 1.807) is 0 Å². The van der Waals surface area contributed by atoms with Crippen LogP contribution in [0, 0.1) is 11.8 Å². The molecule has 0 aliphatic heterocycles. The van der Waals surface area contributed by atoms with E-state index in [0.29, 0.717) is 0 Å². The number of rotatable bonds is 0. The second-order valence-electron chi connectivity index (χ2n) is 1.44. The predicted molar refractivity (Wildman–Crippen MR) is 31.5 cm³/mol. The molecule has 1 unspecified atom stereocenters. The Hall–Kier alpha value is -1.01. The van der Waals surface area contributed by atoms with Crippen LogP contribution < -0.4 is 0 Å². The van der Waals surface area contributed by atoms with E-state index in [0.717, 1.165) is 0 Å². The topological polar surface area (TPSA) is 46.5 Å². The first-order valence-corrected chi connectivity index (χ1v) is 2.44. The summed E-state index contributed by atoms with van der Waals surface area (Å²) in [5, 5.41) is 8.52.